The van der Waals surface area contributed by atoms with Crippen molar-refractivity contribution >= 4 is 43.2 Å². The summed E-state index contributed by atoms with van der Waals surface area (Å²) in [5.74, 6) is -2.06. The minimum atomic E-state index is -4.78. The van der Waals surface area contributed by atoms with Crippen molar-refractivity contribution in [1.29, 1.82) is 0 Å². The number of hydrogen-bond acceptors (Lipinski definition) is 9. The van der Waals surface area contributed by atoms with Crippen LogP contribution in [-0.4, -0.2) is 50.4 Å². The summed E-state index contributed by atoms with van der Waals surface area (Å²) in [6.07, 6.45) is 0. The third-order valence-corrected chi connectivity index (χ3v) is 7.25. The van der Waals surface area contributed by atoms with Crippen molar-refractivity contribution < 1.29 is 40.3 Å². The molecular weight excluding hydrogens is 486 g/mol. The molecular formula is C22H17NO9S2. The molecule has 0 amide bonds. The first-order valence-electron chi connectivity index (χ1n) is 9.74. The van der Waals surface area contributed by atoms with E-state index in [0.29, 0.717) is 0 Å². The third-order valence-electron chi connectivity index (χ3n) is 5.11. The predicted molar refractivity (Wildman–Crippen MR) is 121 cm³/mol. The van der Waals surface area contributed by atoms with Gasteiger partial charge in [0.05, 0.1) is 34.1 Å². The molecule has 0 atom stereocenters. The van der Waals surface area contributed by atoms with Gasteiger partial charge in [-0.2, -0.15) is 8.42 Å². The van der Waals surface area contributed by atoms with Crippen molar-refractivity contribution in [2.24, 2.45) is 0 Å². The van der Waals surface area contributed by atoms with Gasteiger partial charge in [0.25, 0.3) is 0 Å². The fraction of sp³-hybridized carbons (Fsp3) is 0.0909. The first-order valence-corrected chi connectivity index (χ1v) is 12.8. The Labute approximate surface area is 194 Å². The minimum absolute atomic E-state index is 0.0430. The highest BCUT2D eigenvalue weighted by atomic mass is 32.3. The summed E-state index contributed by atoms with van der Waals surface area (Å²) >= 11 is 0. The van der Waals surface area contributed by atoms with E-state index in [-0.39, 0.29) is 44.3 Å². The molecule has 0 fully saturated rings. The van der Waals surface area contributed by atoms with Gasteiger partial charge in [0.2, 0.25) is 0 Å². The summed E-state index contributed by atoms with van der Waals surface area (Å²) in [4.78, 5) is 25.9. The molecule has 0 bridgehead atoms. The summed E-state index contributed by atoms with van der Waals surface area (Å²) in [5.41, 5.74) is 0.600. The molecule has 34 heavy (non-hydrogen) atoms. The second-order valence-electron chi connectivity index (χ2n) is 7.31. The lowest BCUT2D eigenvalue weighted by atomic mass is 9.82. The number of aromatic hydroxyl groups is 1. The summed E-state index contributed by atoms with van der Waals surface area (Å²) in [7, 11) is -8.76. The van der Waals surface area contributed by atoms with Crippen LogP contribution in [0.1, 0.15) is 31.8 Å². The van der Waals surface area contributed by atoms with Crippen LogP contribution < -0.4 is 5.32 Å². The van der Waals surface area contributed by atoms with E-state index in [1.54, 1.807) is 12.1 Å². The van der Waals surface area contributed by atoms with E-state index in [0.717, 1.165) is 0 Å². The number of nitrogens with one attached hydrogen (secondary N) is 1. The maximum absolute atomic E-state index is 13.2. The molecule has 3 aromatic rings. The van der Waals surface area contributed by atoms with Crippen LogP contribution in [0.15, 0.2) is 65.6 Å². The Morgan fingerprint density at radius 2 is 1.47 bits per heavy atom. The third kappa shape index (κ3) is 4.56. The van der Waals surface area contributed by atoms with E-state index in [2.05, 4.69) is 9.50 Å². The van der Waals surface area contributed by atoms with Crippen LogP contribution in [0.5, 0.6) is 5.75 Å². The monoisotopic (exact) mass is 503 g/mol. The molecule has 3 N–H and O–H groups in total. The van der Waals surface area contributed by atoms with Gasteiger partial charge in [-0.3, -0.25) is 14.1 Å². The molecule has 0 unspecified atom stereocenters. The summed E-state index contributed by atoms with van der Waals surface area (Å²) < 4.78 is 59.0. The molecule has 1 aliphatic rings. The topological polar surface area (TPSA) is 164 Å². The number of hydrogen-bond donors (Lipinski definition) is 3. The second kappa shape index (κ2) is 8.65. The van der Waals surface area contributed by atoms with Crippen LogP contribution >= 0.6 is 0 Å². The smallest absolute Gasteiger partial charge is 0.397 e. The Bertz CT molecular complexity index is 1540. The number of ketones is 2. The average Bonchev–Trinajstić information content (AvgIpc) is 2.78. The van der Waals surface area contributed by atoms with Crippen molar-refractivity contribution in [3.8, 4) is 5.75 Å². The quantitative estimate of drug-likeness (QED) is 0.252. The number of sulfone groups is 1. The Hall–Kier alpha value is -3.58. The summed E-state index contributed by atoms with van der Waals surface area (Å²) in [6.45, 7) is -0.777. The number of phenols is 1. The van der Waals surface area contributed by atoms with Crippen molar-refractivity contribution in [1.82, 2.24) is 0 Å². The standard InChI is InChI=1S/C22H17NO9S2/c24-18-9-8-17(19-20(18)22(26)16-7-2-1-6-15(16)21(19)25)23-13-4-3-5-14(12-13)33(27,28)11-10-32-34(29,30)31/h1-9,12,23-24H,10-11H2,(H,29,30,31). The van der Waals surface area contributed by atoms with Crippen molar-refractivity contribution in [3.63, 3.8) is 0 Å². The summed E-state index contributed by atoms with van der Waals surface area (Å²) in [6, 6.07) is 14.4. The van der Waals surface area contributed by atoms with Crippen molar-refractivity contribution in [3.05, 3.63) is 82.9 Å². The van der Waals surface area contributed by atoms with Crippen molar-refractivity contribution in [2.75, 3.05) is 17.7 Å². The number of carbonyl (C=O) groups is 2. The molecule has 1 aliphatic carbocycles. The highest BCUT2D eigenvalue weighted by molar-refractivity contribution is 7.91. The van der Waals surface area contributed by atoms with Gasteiger partial charge in [-0.05, 0) is 30.3 Å². The Kier molecular flexibility index (Phi) is 6.00. The van der Waals surface area contributed by atoms with E-state index in [1.807, 2.05) is 0 Å². The normalized spacial score (nSPS) is 13.3. The number of fused-ring (bicyclic) bond motifs is 2. The molecule has 0 aliphatic heterocycles. The SMILES string of the molecule is O=C1c2ccccc2C(=O)c2c(Nc3cccc(S(=O)(=O)CCOS(=O)(=O)O)c3)ccc(O)c21. The van der Waals surface area contributed by atoms with E-state index in [1.165, 1.54) is 48.5 Å². The van der Waals surface area contributed by atoms with Gasteiger partial charge in [-0.1, -0.05) is 30.3 Å². The average molecular weight is 504 g/mol. The number of carbonyl (C=O) groups excluding carboxylic acids is 2. The van der Waals surface area contributed by atoms with Gasteiger partial charge < -0.3 is 10.4 Å². The van der Waals surface area contributed by atoms with E-state index in [4.69, 9.17) is 4.55 Å². The molecule has 0 spiro atoms. The lowest BCUT2D eigenvalue weighted by Gasteiger charge is -2.21. The van der Waals surface area contributed by atoms with E-state index in [9.17, 15) is 31.5 Å². The fourth-order valence-corrected chi connectivity index (χ4v) is 5.13. The number of phenolic OH excluding ortho intramolecular Hbond substituents is 1. The highest BCUT2D eigenvalue weighted by Gasteiger charge is 2.34. The number of benzene rings is 3. The largest absolute Gasteiger partial charge is 0.507 e. The fourth-order valence-electron chi connectivity index (χ4n) is 3.60. The molecule has 0 heterocycles. The van der Waals surface area contributed by atoms with Gasteiger partial charge in [0.1, 0.15) is 5.75 Å². The van der Waals surface area contributed by atoms with Gasteiger partial charge in [0, 0.05) is 16.8 Å². The van der Waals surface area contributed by atoms with Crippen LogP contribution in [0.3, 0.4) is 0 Å². The van der Waals surface area contributed by atoms with Gasteiger partial charge in [-0.25, -0.2) is 12.6 Å². The molecule has 10 nitrogen and oxygen atoms in total. The van der Waals surface area contributed by atoms with Crippen LogP contribution in [0.25, 0.3) is 0 Å². The van der Waals surface area contributed by atoms with Gasteiger partial charge >= 0.3 is 10.4 Å². The molecule has 4 rings (SSSR count). The zero-order chi connectivity index (χ0) is 24.7. The lowest BCUT2D eigenvalue weighted by Crippen LogP contribution is -2.22. The van der Waals surface area contributed by atoms with Crippen LogP contribution in [-0.2, 0) is 24.4 Å². The lowest BCUT2D eigenvalue weighted by molar-refractivity contribution is 0.0977. The van der Waals surface area contributed by atoms with Crippen molar-refractivity contribution in [2.45, 2.75) is 4.90 Å². The first-order chi connectivity index (χ1) is 16.0. The number of anilines is 2. The van der Waals surface area contributed by atoms with E-state index < -0.39 is 44.2 Å². The second-order valence-corrected chi connectivity index (χ2v) is 10.5. The Balaban J connectivity index is 1.68. The molecule has 3 aromatic carbocycles. The van der Waals surface area contributed by atoms with E-state index >= 15 is 0 Å². The molecule has 0 aromatic heterocycles. The first kappa shape index (κ1) is 23.6. The molecule has 0 saturated heterocycles. The predicted octanol–water partition coefficient (Wildman–Crippen LogP) is 2.50. The minimum Gasteiger partial charge on any atom is -0.507 e. The molecule has 12 heteroatoms. The van der Waals surface area contributed by atoms with Crippen LogP contribution in [0, 0.1) is 0 Å². The zero-order valence-corrected chi connectivity index (χ0v) is 18.9. The molecule has 0 radical (unpaired) electrons. The Morgan fingerprint density at radius 1 is 0.824 bits per heavy atom. The van der Waals surface area contributed by atoms with Gasteiger partial charge in [-0.15, -0.1) is 0 Å². The highest BCUT2D eigenvalue weighted by Crippen LogP contribution is 2.38. The Morgan fingerprint density at radius 3 is 2.12 bits per heavy atom. The van der Waals surface area contributed by atoms with Crippen LogP contribution in [0.4, 0.5) is 11.4 Å². The number of rotatable bonds is 7. The van der Waals surface area contributed by atoms with Gasteiger partial charge in [0.15, 0.2) is 21.4 Å². The maximum Gasteiger partial charge on any atom is 0.397 e. The summed E-state index contributed by atoms with van der Waals surface area (Å²) in [5, 5.41) is 13.2. The zero-order valence-electron chi connectivity index (χ0n) is 17.3. The molecule has 0 saturated carbocycles. The van der Waals surface area contributed by atoms with Crippen LogP contribution in [0.2, 0.25) is 0 Å². The maximum atomic E-state index is 13.2. The molecule has 176 valence electrons.